The van der Waals surface area contributed by atoms with E-state index in [2.05, 4.69) is 14.5 Å². The van der Waals surface area contributed by atoms with Gasteiger partial charge in [0.2, 0.25) is 0 Å². The van der Waals surface area contributed by atoms with Crippen LogP contribution in [0.15, 0.2) is 18.3 Å². The van der Waals surface area contributed by atoms with E-state index in [9.17, 15) is 8.78 Å². The van der Waals surface area contributed by atoms with Crippen LogP contribution in [0.5, 0.6) is 0 Å². The molecule has 0 unspecified atom stereocenters. The number of H-pyrrole nitrogens is 1. The molecule has 0 amide bonds. The Hall–Kier alpha value is -1.53. The normalized spacial score (nSPS) is 21.3. The molecule has 0 saturated carbocycles. The molecule has 1 aromatic heterocycles. The first-order valence-electron chi connectivity index (χ1n) is 9.10. The maximum atomic E-state index is 14.0. The highest BCUT2D eigenvalue weighted by atomic mass is 32.1. The monoisotopic (exact) mass is 363 g/mol. The Morgan fingerprint density at radius 1 is 1.16 bits per heavy atom. The number of piperidine rings is 1. The molecule has 1 fully saturated rings. The van der Waals surface area contributed by atoms with Gasteiger partial charge in [0.15, 0.2) is 4.77 Å². The first-order valence-corrected chi connectivity index (χ1v) is 9.50. The molecule has 6 heteroatoms. The van der Waals surface area contributed by atoms with Crippen molar-refractivity contribution in [3.05, 3.63) is 51.6 Å². The summed E-state index contributed by atoms with van der Waals surface area (Å²) in [6.45, 7) is 3.14. The fourth-order valence-electron chi connectivity index (χ4n) is 4.29. The summed E-state index contributed by atoms with van der Waals surface area (Å²) in [6, 6.07) is 2.63. The van der Waals surface area contributed by atoms with E-state index in [-0.39, 0.29) is 6.04 Å². The van der Waals surface area contributed by atoms with E-state index < -0.39 is 11.6 Å². The van der Waals surface area contributed by atoms with Gasteiger partial charge in [-0.2, -0.15) is 0 Å². The minimum absolute atomic E-state index is 0.159. The van der Waals surface area contributed by atoms with E-state index in [0.717, 1.165) is 37.7 Å². The predicted molar refractivity (Wildman–Crippen MR) is 96.2 cm³/mol. The second-order valence-corrected chi connectivity index (χ2v) is 7.60. The van der Waals surface area contributed by atoms with Crippen molar-refractivity contribution in [1.82, 2.24) is 14.5 Å². The summed E-state index contributed by atoms with van der Waals surface area (Å²) in [5.41, 5.74) is 2.62. The van der Waals surface area contributed by atoms with Gasteiger partial charge >= 0.3 is 0 Å². The van der Waals surface area contributed by atoms with Crippen LogP contribution in [0, 0.1) is 16.4 Å². The van der Waals surface area contributed by atoms with Crippen molar-refractivity contribution in [3.63, 3.8) is 0 Å². The minimum Gasteiger partial charge on any atom is -0.337 e. The van der Waals surface area contributed by atoms with Crippen molar-refractivity contribution in [3.8, 4) is 0 Å². The van der Waals surface area contributed by atoms with Crippen molar-refractivity contribution < 1.29 is 8.78 Å². The summed E-state index contributed by atoms with van der Waals surface area (Å²) in [6.07, 6.45) is 7.90. The first-order chi connectivity index (χ1) is 12.1. The first kappa shape index (κ1) is 16.9. The molecule has 134 valence electrons. The summed E-state index contributed by atoms with van der Waals surface area (Å²) in [4.78, 5) is 5.64. The number of hydrogen-bond donors (Lipinski definition) is 1. The van der Waals surface area contributed by atoms with E-state index in [1.54, 1.807) is 0 Å². The molecule has 1 aliphatic heterocycles. The molecule has 1 atom stereocenters. The maximum Gasteiger partial charge on any atom is 0.177 e. The average molecular weight is 363 g/mol. The SMILES string of the molecule is Fc1cc(F)c2c(c1)C[C@@H](n1c(CN3CCCCC3)c[nH]c1=S)CC2. The Labute approximate surface area is 151 Å². The third-order valence-electron chi connectivity index (χ3n) is 5.53. The summed E-state index contributed by atoms with van der Waals surface area (Å²) in [5.74, 6) is -0.914. The Balaban J connectivity index is 1.60. The average Bonchev–Trinajstić information content (AvgIpc) is 2.95. The Bertz CT molecular complexity index is 821. The van der Waals surface area contributed by atoms with Crippen molar-refractivity contribution >= 4 is 12.2 Å². The lowest BCUT2D eigenvalue weighted by Gasteiger charge is -2.30. The largest absolute Gasteiger partial charge is 0.337 e. The molecule has 1 aliphatic carbocycles. The van der Waals surface area contributed by atoms with Crippen LogP contribution in [0.4, 0.5) is 8.78 Å². The van der Waals surface area contributed by atoms with Gasteiger partial charge in [-0.05, 0) is 74.6 Å². The number of benzene rings is 1. The van der Waals surface area contributed by atoms with E-state index in [4.69, 9.17) is 12.2 Å². The fraction of sp³-hybridized carbons (Fsp3) is 0.526. The number of halogens is 2. The zero-order valence-corrected chi connectivity index (χ0v) is 15.0. The topological polar surface area (TPSA) is 24.0 Å². The van der Waals surface area contributed by atoms with Crippen molar-refractivity contribution in [2.45, 2.75) is 51.1 Å². The van der Waals surface area contributed by atoms with Gasteiger partial charge in [0.25, 0.3) is 0 Å². The molecule has 2 aromatic rings. The Morgan fingerprint density at radius 3 is 2.76 bits per heavy atom. The van der Waals surface area contributed by atoms with E-state index in [0.29, 0.717) is 23.2 Å². The molecule has 0 radical (unpaired) electrons. The van der Waals surface area contributed by atoms with Gasteiger partial charge in [0.1, 0.15) is 11.6 Å². The summed E-state index contributed by atoms with van der Waals surface area (Å²) in [5, 5.41) is 0. The van der Waals surface area contributed by atoms with Gasteiger partial charge in [-0.25, -0.2) is 8.78 Å². The number of aromatic amines is 1. The number of hydrogen-bond acceptors (Lipinski definition) is 2. The molecule has 1 aromatic carbocycles. The minimum atomic E-state index is -0.497. The third-order valence-corrected chi connectivity index (χ3v) is 5.84. The Morgan fingerprint density at radius 2 is 1.96 bits per heavy atom. The fourth-order valence-corrected chi connectivity index (χ4v) is 4.61. The van der Waals surface area contributed by atoms with Crippen LogP contribution < -0.4 is 0 Å². The summed E-state index contributed by atoms with van der Waals surface area (Å²) < 4.78 is 30.5. The quantitative estimate of drug-likeness (QED) is 0.810. The lowest BCUT2D eigenvalue weighted by molar-refractivity contribution is 0.213. The molecular formula is C19H23F2N3S. The van der Waals surface area contributed by atoms with Gasteiger partial charge in [-0.15, -0.1) is 0 Å². The van der Waals surface area contributed by atoms with Crippen LogP contribution >= 0.6 is 12.2 Å². The lowest BCUT2D eigenvalue weighted by atomic mass is 9.87. The zero-order valence-electron chi connectivity index (χ0n) is 14.2. The predicted octanol–water partition coefficient (Wildman–Crippen LogP) is 4.54. The molecule has 3 nitrogen and oxygen atoms in total. The number of rotatable bonds is 3. The number of imidazole rings is 1. The van der Waals surface area contributed by atoms with E-state index >= 15 is 0 Å². The Kier molecular flexibility index (Phi) is 4.73. The molecule has 1 N–H and O–H groups in total. The van der Waals surface area contributed by atoms with Crippen LogP contribution in [0.25, 0.3) is 0 Å². The second-order valence-electron chi connectivity index (χ2n) is 7.21. The molecule has 0 spiro atoms. The van der Waals surface area contributed by atoms with E-state index in [1.807, 2.05) is 6.20 Å². The molecule has 25 heavy (non-hydrogen) atoms. The van der Waals surface area contributed by atoms with Crippen LogP contribution in [0.2, 0.25) is 0 Å². The summed E-state index contributed by atoms with van der Waals surface area (Å²) in [7, 11) is 0. The lowest BCUT2D eigenvalue weighted by Crippen LogP contribution is -2.31. The molecule has 4 rings (SSSR count). The maximum absolute atomic E-state index is 14.0. The van der Waals surface area contributed by atoms with Gasteiger partial charge in [-0.1, -0.05) is 6.42 Å². The smallest absolute Gasteiger partial charge is 0.177 e. The van der Waals surface area contributed by atoms with E-state index in [1.165, 1.54) is 31.0 Å². The highest BCUT2D eigenvalue weighted by Crippen LogP contribution is 2.32. The number of nitrogens with zero attached hydrogens (tertiary/aromatic N) is 2. The number of likely N-dealkylation sites (tertiary alicyclic amines) is 1. The van der Waals surface area contributed by atoms with Crippen LogP contribution in [0.3, 0.4) is 0 Å². The summed E-state index contributed by atoms with van der Waals surface area (Å²) >= 11 is 5.51. The van der Waals surface area contributed by atoms with Crippen LogP contribution in [-0.4, -0.2) is 27.5 Å². The van der Waals surface area contributed by atoms with Gasteiger partial charge in [0.05, 0.1) is 5.69 Å². The highest BCUT2D eigenvalue weighted by Gasteiger charge is 2.26. The van der Waals surface area contributed by atoms with Gasteiger partial charge in [0, 0.05) is 24.8 Å². The van der Waals surface area contributed by atoms with Crippen LogP contribution in [-0.2, 0) is 19.4 Å². The number of fused-ring (bicyclic) bond motifs is 1. The van der Waals surface area contributed by atoms with Crippen molar-refractivity contribution in [2.24, 2.45) is 0 Å². The molecule has 1 saturated heterocycles. The van der Waals surface area contributed by atoms with Crippen molar-refractivity contribution in [1.29, 1.82) is 0 Å². The molecular weight excluding hydrogens is 340 g/mol. The van der Waals surface area contributed by atoms with Gasteiger partial charge < -0.3 is 9.55 Å². The molecule has 2 heterocycles. The molecule has 0 bridgehead atoms. The van der Waals surface area contributed by atoms with Gasteiger partial charge in [-0.3, -0.25) is 4.90 Å². The van der Waals surface area contributed by atoms with Crippen molar-refractivity contribution in [2.75, 3.05) is 13.1 Å². The molecule has 2 aliphatic rings. The number of aromatic nitrogens is 2. The second kappa shape index (κ2) is 7.00. The van der Waals surface area contributed by atoms with Crippen LogP contribution in [0.1, 0.15) is 48.5 Å². The standard InChI is InChI=1S/C19H23F2N3S/c20-14-8-13-9-15(4-5-17(13)18(21)10-14)24-16(11-22-19(24)25)12-23-6-2-1-3-7-23/h8,10-11,15H,1-7,9,12H2,(H,22,25)/t15-/m0/s1. The number of nitrogens with one attached hydrogen (secondary N) is 1. The highest BCUT2D eigenvalue weighted by molar-refractivity contribution is 7.71. The third kappa shape index (κ3) is 3.42. The zero-order chi connectivity index (χ0) is 17.4.